The molecule has 2 atom stereocenters. The first-order valence-electron chi connectivity index (χ1n) is 9.41. The molecule has 0 radical (unpaired) electrons. The average molecular weight is 399 g/mol. The number of amides is 1. The number of nitrogens with zero attached hydrogens (tertiary/aromatic N) is 2. The van der Waals surface area contributed by atoms with E-state index in [0.717, 1.165) is 48.6 Å². The van der Waals surface area contributed by atoms with Crippen LogP contribution in [0.15, 0.2) is 47.6 Å². The maximum absolute atomic E-state index is 14.4. The molecule has 1 fully saturated rings. The Kier molecular flexibility index (Phi) is 4.07. The number of benzene rings is 2. The van der Waals surface area contributed by atoms with E-state index in [4.69, 9.17) is 5.73 Å². The van der Waals surface area contributed by atoms with Crippen molar-refractivity contribution >= 4 is 22.7 Å². The number of fused-ring (bicyclic) bond motifs is 2. The lowest BCUT2D eigenvalue weighted by Crippen LogP contribution is -2.48. The maximum Gasteiger partial charge on any atom is 0.261 e. The zero-order chi connectivity index (χ0) is 19.5. The molecular weight excluding hydrogens is 380 g/mol. The zero-order valence-corrected chi connectivity index (χ0v) is 15.9. The van der Waals surface area contributed by atoms with E-state index in [1.54, 1.807) is 0 Å². The molecule has 4 nitrogen and oxygen atoms in total. The predicted octanol–water partition coefficient (Wildman–Crippen LogP) is 3.74. The second-order valence-corrected chi connectivity index (χ2v) is 8.85. The minimum atomic E-state index is -0.756. The van der Waals surface area contributed by atoms with Crippen LogP contribution in [0.3, 0.4) is 0 Å². The van der Waals surface area contributed by atoms with Gasteiger partial charge in [-0.05, 0) is 60.9 Å². The van der Waals surface area contributed by atoms with E-state index >= 15 is 0 Å². The van der Waals surface area contributed by atoms with Crippen molar-refractivity contribution in [2.45, 2.75) is 36.6 Å². The van der Waals surface area contributed by atoms with Gasteiger partial charge < -0.3 is 5.73 Å². The van der Waals surface area contributed by atoms with Crippen molar-refractivity contribution in [3.05, 3.63) is 70.8 Å². The minimum Gasteiger partial charge on any atom is -0.320 e. The third kappa shape index (κ3) is 2.68. The highest BCUT2D eigenvalue weighted by atomic mass is 32.2. The van der Waals surface area contributed by atoms with Crippen molar-refractivity contribution in [3.63, 3.8) is 0 Å². The van der Waals surface area contributed by atoms with Gasteiger partial charge >= 0.3 is 0 Å². The summed E-state index contributed by atoms with van der Waals surface area (Å²) in [7, 11) is 0. The number of carbonyl (C=O) groups excluding carboxylic acids is 1. The molecule has 144 valence electrons. The van der Waals surface area contributed by atoms with Crippen molar-refractivity contribution in [2.24, 2.45) is 16.8 Å². The predicted molar refractivity (Wildman–Crippen MR) is 104 cm³/mol. The Morgan fingerprint density at radius 2 is 2.04 bits per heavy atom. The van der Waals surface area contributed by atoms with Crippen LogP contribution in [0.5, 0.6) is 0 Å². The molecular formula is C21H19F2N3OS. The molecule has 2 N–H and O–H groups in total. The number of halogens is 2. The highest BCUT2D eigenvalue weighted by Gasteiger charge is 2.54. The monoisotopic (exact) mass is 399 g/mol. The number of rotatable bonds is 3. The lowest BCUT2D eigenvalue weighted by Gasteiger charge is -2.33. The number of nitrogens with two attached hydrogens (primary N) is 1. The van der Waals surface area contributed by atoms with E-state index in [1.807, 2.05) is 24.3 Å². The van der Waals surface area contributed by atoms with E-state index in [1.165, 1.54) is 16.8 Å². The molecule has 1 saturated carbocycles. The topological polar surface area (TPSA) is 58.7 Å². The van der Waals surface area contributed by atoms with Gasteiger partial charge in [0.15, 0.2) is 0 Å². The molecule has 3 aliphatic rings. The van der Waals surface area contributed by atoms with Crippen LogP contribution in [-0.2, 0) is 16.1 Å². The Hall–Kier alpha value is -2.25. The van der Waals surface area contributed by atoms with Crippen LogP contribution >= 0.6 is 11.8 Å². The molecule has 2 unspecified atom stereocenters. The Bertz CT molecular complexity index is 1010. The van der Waals surface area contributed by atoms with Crippen LogP contribution < -0.4 is 5.73 Å². The normalized spacial score (nSPS) is 24.4. The lowest BCUT2D eigenvalue weighted by atomic mass is 10.1. The summed E-state index contributed by atoms with van der Waals surface area (Å²) in [6, 6.07) is 10.6. The number of hydrogen-bond donors (Lipinski definition) is 1. The highest BCUT2D eigenvalue weighted by Crippen LogP contribution is 2.55. The summed E-state index contributed by atoms with van der Waals surface area (Å²) >= 11 is 1.32. The Labute approximate surface area is 165 Å². The molecule has 2 aromatic rings. The largest absolute Gasteiger partial charge is 0.320 e. The van der Waals surface area contributed by atoms with E-state index in [0.29, 0.717) is 11.5 Å². The molecule has 0 saturated heterocycles. The van der Waals surface area contributed by atoms with Crippen LogP contribution in [0, 0.1) is 17.6 Å². The molecule has 1 heterocycles. The number of hydrogen-bond acceptors (Lipinski definition) is 4. The summed E-state index contributed by atoms with van der Waals surface area (Å²) in [4.78, 5) is 12.5. The fourth-order valence-corrected chi connectivity index (χ4v) is 5.51. The van der Waals surface area contributed by atoms with Crippen LogP contribution in [0.4, 0.5) is 8.78 Å². The SMILES string of the molecule is NC(C(=O)N1N=C(c2cc(F)ccc2F)SC12CCc1ccccc12)C1CC1. The quantitative estimate of drug-likeness (QED) is 0.856. The fourth-order valence-electron chi connectivity index (χ4n) is 4.08. The Morgan fingerprint density at radius 1 is 1.25 bits per heavy atom. The van der Waals surface area contributed by atoms with Gasteiger partial charge in [-0.3, -0.25) is 4.79 Å². The summed E-state index contributed by atoms with van der Waals surface area (Å²) < 4.78 is 28.2. The van der Waals surface area contributed by atoms with Gasteiger partial charge in [0.1, 0.15) is 21.5 Å². The van der Waals surface area contributed by atoms with Gasteiger partial charge in [-0.2, -0.15) is 5.10 Å². The molecule has 0 aromatic heterocycles. The van der Waals surface area contributed by atoms with Crippen molar-refractivity contribution in [3.8, 4) is 0 Å². The van der Waals surface area contributed by atoms with Crippen LogP contribution in [0.25, 0.3) is 0 Å². The van der Waals surface area contributed by atoms with Crippen molar-refractivity contribution in [1.82, 2.24) is 5.01 Å². The molecule has 7 heteroatoms. The second-order valence-electron chi connectivity index (χ2n) is 7.59. The van der Waals surface area contributed by atoms with Gasteiger partial charge in [0.05, 0.1) is 6.04 Å². The van der Waals surface area contributed by atoms with Crippen LogP contribution in [-0.4, -0.2) is 22.0 Å². The molecule has 2 aliphatic carbocycles. The first-order chi connectivity index (χ1) is 13.5. The molecule has 2 aromatic carbocycles. The maximum atomic E-state index is 14.4. The summed E-state index contributed by atoms with van der Waals surface area (Å²) in [5.74, 6) is -1.18. The third-order valence-electron chi connectivity index (χ3n) is 5.75. The van der Waals surface area contributed by atoms with E-state index < -0.39 is 22.5 Å². The first kappa shape index (κ1) is 17.8. The smallest absolute Gasteiger partial charge is 0.261 e. The zero-order valence-electron chi connectivity index (χ0n) is 15.1. The van der Waals surface area contributed by atoms with Crippen molar-refractivity contribution in [2.75, 3.05) is 0 Å². The lowest BCUT2D eigenvalue weighted by molar-refractivity contribution is -0.136. The second kappa shape index (κ2) is 6.39. The first-order valence-corrected chi connectivity index (χ1v) is 10.2. The van der Waals surface area contributed by atoms with E-state index in [2.05, 4.69) is 5.10 Å². The molecule has 1 amide bonds. The summed E-state index contributed by atoms with van der Waals surface area (Å²) in [5.41, 5.74) is 8.42. The van der Waals surface area contributed by atoms with Crippen molar-refractivity contribution in [1.29, 1.82) is 0 Å². The Morgan fingerprint density at radius 3 is 2.82 bits per heavy atom. The molecule has 28 heavy (non-hydrogen) atoms. The highest BCUT2D eigenvalue weighted by molar-refractivity contribution is 8.15. The number of thioether (sulfide) groups is 1. The standard InChI is InChI=1S/C21H19F2N3OS/c22-14-7-8-17(23)15(11-14)19-25-26(20(27)18(24)13-5-6-13)21(28-19)10-9-12-3-1-2-4-16(12)21/h1-4,7-8,11,13,18H,5-6,9-10,24H2. The number of hydrazone groups is 1. The van der Waals surface area contributed by atoms with Crippen molar-refractivity contribution < 1.29 is 13.6 Å². The Balaban J connectivity index is 1.61. The molecule has 1 aliphatic heterocycles. The van der Waals surface area contributed by atoms with Crippen LogP contribution in [0.1, 0.15) is 36.0 Å². The average Bonchev–Trinajstić information content (AvgIpc) is 3.40. The van der Waals surface area contributed by atoms with Gasteiger partial charge in [0.2, 0.25) is 0 Å². The third-order valence-corrected chi connectivity index (χ3v) is 7.18. The van der Waals surface area contributed by atoms with Gasteiger partial charge in [0.25, 0.3) is 5.91 Å². The summed E-state index contributed by atoms with van der Waals surface area (Å²) in [6.07, 6.45) is 3.32. The minimum absolute atomic E-state index is 0.0732. The van der Waals surface area contributed by atoms with Gasteiger partial charge in [-0.1, -0.05) is 36.0 Å². The molecule has 1 spiro atoms. The number of carbonyl (C=O) groups is 1. The van der Waals surface area contributed by atoms with E-state index in [-0.39, 0.29) is 17.4 Å². The number of aryl methyl sites for hydroxylation is 1. The van der Waals surface area contributed by atoms with Gasteiger partial charge in [-0.25, -0.2) is 13.8 Å². The summed E-state index contributed by atoms with van der Waals surface area (Å²) in [6.45, 7) is 0. The van der Waals surface area contributed by atoms with Crippen LogP contribution in [0.2, 0.25) is 0 Å². The van der Waals surface area contributed by atoms with Gasteiger partial charge in [0, 0.05) is 5.56 Å². The molecule has 5 rings (SSSR count). The van der Waals surface area contributed by atoms with E-state index in [9.17, 15) is 13.6 Å². The summed E-state index contributed by atoms with van der Waals surface area (Å²) in [5, 5.41) is 6.26. The van der Waals surface area contributed by atoms with Gasteiger partial charge in [-0.15, -0.1) is 0 Å². The molecule has 0 bridgehead atoms. The fraction of sp³-hybridized carbons (Fsp3) is 0.333.